The van der Waals surface area contributed by atoms with E-state index in [1.165, 1.54) is 0 Å². The first-order valence-corrected chi connectivity index (χ1v) is 10.5. The topological polar surface area (TPSA) is 74.5 Å². The minimum absolute atomic E-state index is 0. The van der Waals surface area contributed by atoms with Crippen molar-refractivity contribution in [2.24, 2.45) is 4.99 Å². The Morgan fingerprint density at radius 1 is 1.17 bits per heavy atom. The standard InChI is InChI=1S/C22H32N6O.HI/c1-4-23-22(24-12-11-21(29)27-13-7-8-14-27)25-16-19-9-5-6-10-20(19)28-18(3)15-17(2)26-28;/h5-6,9-10,15H,4,7-8,11-14,16H2,1-3H3,(H2,23,24,25);1H. The summed E-state index contributed by atoms with van der Waals surface area (Å²) in [6.45, 7) is 9.78. The molecule has 1 amide bonds. The van der Waals surface area contributed by atoms with Crippen LogP contribution in [0.2, 0.25) is 0 Å². The number of carbonyl (C=O) groups is 1. The Labute approximate surface area is 196 Å². The normalized spacial score (nSPS) is 13.8. The van der Waals surface area contributed by atoms with Gasteiger partial charge in [0, 0.05) is 38.3 Å². The molecule has 0 radical (unpaired) electrons. The number of rotatable bonds is 7. The molecular formula is C22H33IN6O. The van der Waals surface area contributed by atoms with Crippen LogP contribution in [0.15, 0.2) is 35.3 Å². The summed E-state index contributed by atoms with van der Waals surface area (Å²) in [5.74, 6) is 0.950. The van der Waals surface area contributed by atoms with Gasteiger partial charge in [0.15, 0.2) is 5.96 Å². The molecule has 0 aliphatic carbocycles. The first kappa shape index (κ1) is 24.2. The van der Waals surface area contributed by atoms with Crippen molar-refractivity contribution in [3.05, 3.63) is 47.3 Å². The van der Waals surface area contributed by atoms with E-state index in [0.29, 0.717) is 19.5 Å². The van der Waals surface area contributed by atoms with Crippen LogP contribution in [0.3, 0.4) is 0 Å². The number of para-hydroxylation sites is 1. The summed E-state index contributed by atoms with van der Waals surface area (Å²) < 4.78 is 1.97. The molecule has 164 valence electrons. The molecule has 1 aromatic heterocycles. The van der Waals surface area contributed by atoms with Gasteiger partial charge in [-0.25, -0.2) is 9.67 Å². The molecule has 2 aromatic rings. The highest BCUT2D eigenvalue weighted by Gasteiger charge is 2.17. The molecule has 3 rings (SSSR count). The van der Waals surface area contributed by atoms with Crippen LogP contribution < -0.4 is 10.6 Å². The summed E-state index contributed by atoms with van der Waals surface area (Å²) >= 11 is 0. The van der Waals surface area contributed by atoms with Crippen molar-refractivity contribution >= 4 is 35.8 Å². The van der Waals surface area contributed by atoms with Crippen LogP contribution in [0.4, 0.5) is 0 Å². The second-order valence-electron chi connectivity index (χ2n) is 7.43. The van der Waals surface area contributed by atoms with Crippen LogP contribution in [0.5, 0.6) is 0 Å². The molecular weight excluding hydrogens is 491 g/mol. The smallest absolute Gasteiger partial charge is 0.224 e. The molecule has 7 nitrogen and oxygen atoms in total. The molecule has 1 aromatic carbocycles. The lowest BCUT2D eigenvalue weighted by Gasteiger charge is -2.16. The summed E-state index contributed by atoms with van der Waals surface area (Å²) in [4.78, 5) is 18.9. The number of likely N-dealkylation sites (tertiary alicyclic amines) is 1. The maximum Gasteiger partial charge on any atom is 0.224 e. The van der Waals surface area contributed by atoms with E-state index in [2.05, 4.69) is 40.9 Å². The van der Waals surface area contributed by atoms with Crippen molar-refractivity contribution in [3.8, 4) is 5.69 Å². The van der Waals surface area contributed by atoms with Gasteiger partial charge in [0.25, 0.3) is 0 Å². The third-order valence-corrected chi connectivity index (χ3v) is 5.07. The molecule has 0 atom stereocenters. The molecule has 1 fully saturated rings. The van der Waals surface area contributed by atoms with Gasteiger partial charge in [0.05, 0.1) is 17.9 Å². The molecule has 2 N–H and O–H groups in total. The molecule has 0 spiro atoms. The lowest BCUT2D eigenvalue weighted by molar-refractivity contribution is -0.129. The van der Waals surface area contributed by atoms with E-state index >= 15 is 0 Å². The molecule has 8 heteroatoms. The molecule has 1 aliphatic heterocycles. The average Bonchev–Trinajstić information content (AvgIpc) is 3.36. The Kier molecular flexibility index (Phi) is 9.61. The number of aromatic nitrogens is 2. The van der Waals surface area contributed by atoms with Crippen LogP contribution in [0.25, 0.3) is 5.69 Å². The van der Waals surface area contributed by atoms with Crippen LogP contribution in [-0.4, -0.2) is 52.7 Å². The summed E-state index contributed by atoms with van der Waals surface area (Å²) in [6.07, 6.45) is 2.74. The number of hydrogen-bond donors (Lipinski definition) is 2. The average molecular weight is 524 g/mol. The van der Waals surface area contributed by atoms with E-state index in [1.54, 1.807) is 0 Å². The first-order chi connectivity index (χ1) is 14.1. The third kappa shape index (κ3) is 6.45. The number of nitrogens with zero attached hydrogens (tertiary/aromatic N) is 4. The van der Waals surface area contributed by atoms with E-state index in [4.69, 9.17) is 4.99 Å². The summed E-state index contributed by atoms with van der Waals surface area (Å²) in [5, 5.41) is 11.2. The lowest BCUT2D eigenvalue weighted by Crippen LogP contribution is -2.39. The zero-order chi connectivity index (χ0) is 20.6. The minimum Gasteiger partial charge on any atom is -0.357 e. The predicted molar refractivity (Wildman–Crippen MR) is 132 cm³/mol. The highest BCUT2D eigenvalue weighted by molar-refractivity contribution is 14.0. The van der Waals surface area contributed by atoms with E-state index in [9.17, 15) is 4.79 Å². The van der Waals surface area contributed by atoms with Crippen molar-refractivity contribution in [1.29, 1.82) is 0 Å². The van der Waals surface area contributed by atoms with E-state index in [1.807, 2.05) is 35.6 Å². The number of guanidine groups is 1. The fourth-order valence-electron chi connectivity index (χ4n) is 3.64. The predicted octanol–water partition coefficient (Wildman–Crippen LogP) is 3.17. The maximum absolute atomic E-state index is 12.2. The highest BCUT2D eigenvalue weighted by Crippen LogP contribution is 2.17. The number of hydrogen-bond acceptors (Lipinski definition) is 3. The number of amides is 1. The van der Waals surface area contributed by atoms with Gasteiger partial charge in [0.2, 0.25) is 5.91 Å². The van der Waals surface area contributed by atoms with Crippen molar-refractivity contribution in [2.75, 3.05) is 26.2 Å². The molecule has 30 heavy (non-hydrogen) atoms. The number of benzene rings is 1. The van der Waals surface area contributed by atoms with Crippen LogP contribution in [0, 0.1) is 13.8 Å². The van der Waals surface area contributed by atoms with E-state index < -0.39 is 0 Å². The number of halogens is 1. The van der Waals surface area contributed by atoms with Gasteiger partial charge in [-0.2, -0.15) is 5.10 Å². The summed E-state index contributed by atoms with van der Waals surface area (Å²) in [5.41, 5.74) is 4.24. The molecule has 0 saturated carbocycles. The Hall–Kier alpha value is -2.10. The fourth-order valence-corrected chi connectivity index (χ4v) is 3.64. The van der Waals surface area contributed by atoms with Gasteiger partial charge >= 0.3 is 0 Å². The van der Waals surface area contributed by atoms with Crippen LogP contribution in [0.1, 0.15) is 43.1 Å². The van der Waals surface area contributed by atoms with Crippen LogP contribution >= 0.6 is 24.0 Å². The van der Waals surface area contributed by atoms with E-state index in [0.717, 1.165) is 61.1 Å². The number of carbonyl (C=O) groups excluding carboxylic acids is 1. The van der Waals surface area contributed by atoms with Crippen LogP contribution in [-0.2, 0) is 11.3 Å². The third-order valence-electron chi connectivity index (χ3n) is 5.07. The molecule has 1 aliphatic rings. The number of nitrogens with one attached hydrogen (secondary N) is 2. The first-order valence-electron chi connectivity index (χ1n) is 10.5. The SMILES string of the molecule is CCNC(=NCc1ccccc1-n1nc(C)cc1C)NCCC(=O)N1CCCC1.I. The van der Waals surface area contributed by atoms with E-state index in [-0.39, 0.29) is 29.9 Å². The van der Waals surface area contributed by atoms with Gasteiger partial charge in [-0.05, 0) is 51.3 Å². The quantitative estimate of drug-likeness (QED) is 0.332. The molecule has 1 saturated heterocycles. The summed E-state index contributed by atoms with van der Waals surface area (Å²) in [7, 11) is 0. The van der Waals surface area contributed by atoms with Crippen molar-refractivity contribution < 1.29 is 4.79 Å². The zero-order valence-electron chi connectivity index (χ0n) is 18.1. The minimum atomic E-state index is 0. The molecule has 0 bridgehead atoms. The second-order valence-corrected chi connectivity index (χ2v) is 7.43. The summed E-state index contributed by atoms with van der Waals surface area (Å²) in [6, 6.07) is 10.3. The number of aryl methyl sites for hydroxylation is 2. The maximum atomic E-state index is 12.2. The molecule has 0 unspecified atom stereocenters. The fraction of sp³-hybridized carbons (Fsp3) is 0.500. The Bertz CT molecular complexity index is 857. The molecule has 2 heterocycles. The second kappa shape index (κ2) is 11.9. The van der Waals surface area contributed by atoms with Gasteiger partial charge in [-0.3, -0.25) is 4.79 Å². The zero-order valence-corrected chi connectivity index (χ0v) is 20.5. The van der Waals surface area contributed by atoms with Crippen molar-refractivity contribution in [2.45, 2.75) is 46.6 Å². The number of aliphatic imine (C=N–C) groups is 1. The van der Waals surface area contributed by atoms with Gasteiger partial charge < -0.3 is 15.5 Å². The van der Waals surface area contributed by atoms with Gasteiger partial charge in [0.1, 0.15) is 0 Å². The van der Waals surface area contributed by atoms with Gasteiger partial charge in [-0.15, -0.1) is 24.0 Å². The van der Waals surface area contributed by atoms with Crippen molar-refractivity contribution in [3.63, 3.8) is 0 Å². The Balaban J connectivity index is 0.00000320. The Morgan fingerprint density at radius 2 is 1.90 bits per heavy atom. The lowest BCUT2D eigenvalue weighted by atomic mass is 10.2. The monoisotopic (exact) mass is 524 g/mol. The van der Waals surface area contributed by atoms with Crippen molar-refractivity contribution in [1.82, 2.24) is 25.3 Å². The van der Waals surface area contributed by atoms with Gasteiger partial charge in [-0.1, -0.05) is 18.2 Å². The Morgan fingerprint density at radius 3 is 2.57 bits per heavy atom. The highest BCUT2D eigenvalue weighted by atomic mass is 127. The largest absolute Gasteiger partial charge is 0.357 e.